The van der Waals surface area contributed by atoms with Crippen LogP contribution >= 0.6 is 0 Å². The van der Waals surface area contributed by atoms with E-state index in [1.807, 2.05) is 0 Å². The van der Waals surface area contributed by atoms with E-state index in [1.54, 1.807) is 0 Å². The molecule has 0 bridgehead atoms. The van der Waals surface area contributed by atoms with Crippen LogP contribution in [0, 0.1) is 6.92 Å². The zero-order valence-electron chi connectivity index (χ0n) is 11.2. The van der Waals surface area contributed by atoms with Crippen molar-refractivity contribution in [3.8, 4) is 0 Å². The minimum Gasteiger partial charge on any atom is -0.295 e. The second-order valence-corrected chi connectivity index (χ2v) is 4.60. The molecule has 1 unspecified atom stereocenters. The van der Waals surface area contributed by atoms with Crippen LogP contribution in [0.2, 0.25) is 0 Å². The summed E-state index contributed by atoms with van der Waals surface area (Å²) in [5, 5.41) is 9.00. The van der Waals surface area contributed by atoms with Crippen LogP contribution in [0.4, 0.5) is 5.95 Å². The number of carbonyl (C=O) groups is 1. The first kappa shape index (κ1) is 13.3. The molecule has 0 saturated heterocycles. The monoisotopic (exact) mass is 258 g/mol. The summed E-state index contributed by atoms with van der Waals surface area (Å²) in [6, 6.07) is 8.33. The molecule has 0 fully saturated rings. The number of rotatable bonds is 5. The molecule has 0 spiro atoms. The Bertz CT molecular complexity index is 519. The number of aromatic nitrogens is 3. The number of hydrogen-bond donors (Lipinski definition) is 2. The molecule has 1 aromatic heterocycles. The van der Waals surface area contributed by atoms with Crippen LogP contribution in [-0.2, 0) is 4.79 Å². The number of aryl methyl sites for hydroxylation is 1. The highest BCUT2D eigenvalue weighted by Gasteiger charge is 2.15. The van der Waals surface area contributed by atoms with Crippen molar-refractivity contribution in [3.63, 3.8) is 0 Å². The van der Waals surface area contributed by atoms with Gasteiger partial charge in [0.1, 0.15) is 6.33 Å². The Morgan fingerprint density at radius 2 is 2.11 bits per heavy atom. The molecule has 0 radical (unpaired) electrons. The minimum absolute atomic E-state index is 0.0517. The summed E-state index contributed by atoms with van der Waals surface area (Å²) in [6.07, 6.45) is 2.74. The second-order valence-electron chi connectivity index (χ2n) is 4.60. The zero-order valence-corrected chi connectivity index (χ0v) is 11.2. The van der Waals surface area contributed by atoms with E-state index >= 15 is 0 Å². The Hall–Kier alpha value is -2.17. The first-order chi connectivity index (χ1) is 9.19. The van der Waals surface area contributed by atoms with E-state index in [4.69, 9.17) is 0 Å². The highest BCUT2D eigenvalue weighted by Crippen LogP contribution is 2.23. The molecule has 0 aliphatic carbocycles. The van der Waals surface area contributed by atoms with E-state index in [-0.39, 0.29) is 11.8 Å². The Labute approximate surface area is 112 Å². The standard InChI is InChI=1S/C14H18N4O/c1-3-11(12-6-4-10(2)5-7-12)8-13(19)17-14-15-9-16-18-14/h4-7,9,11H,3,8H2,1-2H3,(H2,15,16,17,18,19). The third-order valence-corrected chi connectivity index (χ3v) is 3.15. The normalized spacial score (nSPS) is 12.1. The van der Waals surface area contributed by atoms with E-state index in [0.29, 0.717) is 12.4 Å². The van der Waals surface area contributed by atoms with Crippen LogP contribution in [0.3, 0.4) is 0 Å². The summed E-state index contributed by atoms with van der Waals surface area (Å²) in [7, 11) is 0. The molecule has 2 aromatic rings. The molecule has 0 aliphatic heterocycles. The van der Waals surface area contributed by atoms with Crippen molar-refractivity contribution < 1.29 is 4.79 Å². The average Bonchev–Trinajstić information content (AvgIpc) is 2.90. The van der Waals surface area contributed by atoms with Gasteiger partial charge in [-0.1, -0.05) is 36.8 Å². The smallest absolute Gasteiger partial charge is 0.227 e. The SMILES string of the molecule is CCC(CC(=O)Nc1ncn[nH]1)c1ccc(C)cc1. The molecule has 5 heteroatoms. The van der Waals surface area contributed by atoms with E-state index in [1.165, 1.54) is 17.5 Å². The fourth-order valence-corrected chi connectivity index (χ4v) is 2.01. The van der Waals surface area contributed by atoms with Crippen LogP contribution in [0.1, 0.15) is 36.8 Å². The lowest BCUT2D eigenvalue weighted by atomic mass is 9.92. The first-order valence-corrected chi connectivity index (χ1v) is 6.40. The van der Waals surface area contributed by atoms with E-state index in [0.717, 1.165) is 6.42 Å². The highest BCUT2D eigenvalue weighted by atomic mass is 16.1. The van der Waals surface area contributed by atoms with Crippen molar-refractivity contribution >= 4 is 11.9 Å². The molecule has 1 atom stereocenters. The van der Waals surface area contributed by atoms with Gasteiger partial charge in [-0.15, -0.1) is 0 Å². The predicted octanol–water partition coefficient (Wildman–Crippen LogP) is 2.64. The van der Waals surface area contributed by atoms with Crippen LogP contribution in [0.5, 0.6) is 0 Å². The molecule has 1 aromatic carbocycles. The lowest BCUT2D eigenvalue weighted by Gasteiger charge is -2.14. The van der Waals surface area contributed by atoms with Gasteiger partial charge in [0, 0.05) is 6.42 Å². The molecule has 0 aliphatic rings. The van der Waals surface area contributed by atoms with Crippen molar-refractivity contribution in [2.24, 2.45) is 0 Å². The van der Waals surface area contributed by atoms with Gasteiger partial charge in [0.25, 0.3) is 0 Å². The van der Waals surface area contributed by atoms with Crippen molar-refractivity contribution in [1.82, 2.24) is 15.2 Å². The quantitative estimate of drug-likeness (QED) is 0.866. The molecule has 2 N–H and O–H groups in total. The van der Waals surface area contributed by atoms with Gasteiger partial charge in [-0.3, -0.25) is 10.1 Å². The van der Waals surface area contributed by atoms with Gasteiger partial charge in [-0.05, 0) is 24.8 Å². The maximum atomic E-state index is 11.9. The minimum atomic E-state index is -0.0517. The van der Waals surface area contributed by atoms with Gasteiger partial charge in [-0.25, -0.2) is 5.10 Å². The lowest BCUT2D eigenvalue weighted by molar-refractivity contribution is -0.116. The Morgan fingerprint density at radius 1 is 1.37 bits per heavy atom. The van der Waals surface area contributed by atoms with E-state index in [9.17, 15) is 4.79 Å². The number of nitrogens with one attached hydrogen (secondary N) is 2. The van der Waals surface area contributed by atoms with Crippen LogP contribution < -0.4 is 5.32 Å². The van der Waals surface area contributed by atoms with Crippen molar-refractivity contribution in [1.29, 1.82) is 0 Å². The number of nitrogens with zero attached hydrogens (tertiary/aromatic N) is 2. The van der Waals surface area contributed by atoms with Crippen LogP contribution in [0.15, 0.2) is 30.6 Å². The van der Waals surface area contributed by atoms with Gasteiger partial charge in [0.2, 0.25) is 11.9 Å². The average molecular weight is 258 g/mol. The Kier molecular flexibility index (Phi) is 4.28. The van der Waals surface area contributed by atoms with Gasteiger partial charge in [0.15, 0.2) is 0 Å². The molecular formula is C14H18N4O. The Morgan fingerprint density at radius 3 is 2.68 bits per heavy atom. The van der Waals surface area contributed by atoms with Gasteiger partial charge < -0.3 is 0 Å². The number of anilines is 1. The zero-order chi connectivity index (χ0) is 13.7. The van der Waals surface area contributed by atoms with E-state index < -0.39 is 0 Å². The van der Waals surface area contributed by atoms with Gasteiger partial charge in [0.05, 0.1) is 0 Å². The highest BCUT2D eigenvalue weighted by molar-refractivity contribution is 5.89. The third-order valence-electron chi connectivity index (χ3n) is 3.15. The predicted molar refractivity (Wildman–Crippen MR) is 73.8 cm³/mol. The summed E-state index contributed by atoms with van der Waals surface area (Å²) in [5.74, 6) is 0.566. The number of aromatic amines is 1. The number of benzene rings is 1. The topological polar surface area (TPSA) is 70.7 Å². The summed E-state index contributed by atoms with van der Waals surface area (Å²) < 4.78 is 0. The molecular weight excluding hydrogens is 240 g/mol. The summed E-state index contributed by atoms with van der Waals surface area (Å²) >= 11 is 0. The molecule has 5 nitrogen and oxygen atoms in total. The maximum Gasteiger partial charge on any atom is 0.227 e. The van der Waals surface area contributed by atoms with Crippen molar-refractivity contribution in [2.45, 2.75) is 32.6 Å². The van der Waals surface area contributed by atoms with Crippen LogP contribution in [-0.4, -0.2) is 21.1 Å². The number of amides is 1. The van der Waals surface area contributed by atoms with Gasteiger partial charge in [-0.2, -0.15) is 10.1 Å². The van der Waals surface area contributed by atoms with Gasteiger partial charge >= 0.3 is 0 Å². The lowest BCUT2D eigenvalue weighted by Crippen LogP contribution is -2.16. The summed E-state index contributed by atoms with van der Waals surface area (Å²) in [5.41, 5.74) is 2.42. The fraction of sp³-hybridized carbons (Fsp3) is 0.357. The molecule has 2 rings (SSSR count). The Balaban J connectivity index is 1.98. The van der Waals surface area contributed by atoms with Crippen LogP contribution in [0.25, 0.3) is 0 Å². The fourth-order valence-electron chi connectivity index (χ4n) is 2.01. The molecule has 1 heterocycles. The van der Waals surface area contributed by atoms with Crippen molar-refractivity contribution in [2.75, 3.05) is 5.32 Å². The summed E-state index contributed by atoms with van der Waals surface area (Å²) in [6.45, 7) is 4.15. The maximum absolute atomic E-state index is 11.9. The molecule has 0 saturated carbocycles. The first-order valence-electron chi connectivity index (χ1n) is 6.40. The second kappa shape index (κ2) is 6.13. The number of hydrogen-bond acceptors (Lipinski definition) is 3. The van der Waals surface area contributed by atoms with E-state index in [2.05, 4.69) is 58.6 Å². The number of H-pyrrole nitrogens is 1. The summed E-state index contributed by atoms with van der Waals surface area (Å²) in [4.78, 5) is 15.8. The largest absolute Gasteiger partial charge is 0.295 e. The molecule has 1 amide bonds. The third kappa shape index (κ3) is 3.64. The number of carbonyl (C=O) groups excluding carboxylic acids is 1. The van der Waals surface area contributed by atoms with Crippen molar-refractivity contribution in [3.05, 3.63) is 41.7 Å². The molecule has 19 heavy (non-hydrogen) atoms. The molecule has 100 valence electrons.